The SMILES string of the molecule is O=C(Nc1cn[nH]n1)NC(c1ccccc1)c1ccccc1. The molecule has 0 aliphatic heterocycles. The van der Waals surface area contributed by atoms with E-state index in [1.165, 1.54) is 6.20 Å². The second-order valence-electron chi connectivity index (χ2n) is 4.71. The summed E-state index contributed by atoms with van der Waals surface area (Å²) in [6, 6.07) is 19.0. The maximum absolute atomic E-state index is 12.2. The molecule has 1 heterocycles. The number of carbonyl (C=O) groups is 1. The molecule has 0 saturated carbocycles. The molecule has 0 unspecified atom stereocenters. The van der Waals surface area contributed by atoms with Gasteiger partial charge in [-0.3, -0.25) is 5.32 Å². The number of urea groups is 1. The zero-order valence-electron chi connectivity index (χ0n) is 11.7. The molecule has 2 aromatic carbocycles. The topological polar surface area (TPSA) is 82.7 Å². The minimum absolute atomic E-state index is 0.241. The van der Waals surface area contributed by atoms with Crippen LogP contribution in [0.2, 0.25) is 0 Å². The summed E-state index contributed by atoms with van der Waals surface area (Å²) in [5.74, 6) is 0.373. The van der Waals surface area contributed by atoms with E-state index in [9.17, 15) is 4.79 Å². The number of hydrogen-bond donors (Lipinski definition) is 3. The Balaban J connectivity index is 1.81. The van der Waals surface area contributed by atoms with Crippen molar-refractivity contribution in [1.82, 2.24) is 20.7 Å². The highest BCUT2D eigenvalue weighted by atomic mass is 16.2. The van der Waals surface area contributed by atoms with Gasteiger partial charge in [-0.1, -0.05) is 60.7 Å². The normalized spacial score (nSPS) is 10.4. The highest BCUT2D eigenvalue weighted by Crippen LogP contribution is 2.21. The third-order valence-electron chi connectivity index (χ3n) is 3.20. The Kier molecular flexibility index (Phi) is 4.10. The molecule has 0 fully saturated rings. The van der Waals surface area contributed by atoms with Gasteiger partial charge < -0.3 is 5.32 Å². The first-order valence-corrected chi connectivity index (χ1v) is 6.86. The fraction of sp³-hybridized carbons (Fsp3) is 0.0625. The van der Waals surface area contributed by atoms with Gasteiger partial charge in [0, 0.05) is 0 Å². The third-order valence-corrected chi connectivity index (χ3v) is 3.20. The fourth-order valence-electron chi connectivity index (χ4n) is 2.20. The van der Waals surface area contributed by atoms with Gasteiger partial charge in [0.05, 0.1) is 12.2 Å². The number of anilines is 1. The highest BCUT2D eigenvalue weighted by molar-refractivity contribution is 5.88. The molecule has 0 saturated heterocycles. The first kappa shape index (κ1) is 13.8. The average Bonchev–Trinajstić information content (AvgIpc) is 3.07. The van der Waals surface area contributed by atoms with Crippen molar-refractivity contribution < 1.29 is 4.79 Å². The number of aromatic nitrogens is 3. The molecule has 0 radical (unpaired) electrons. The molecule has 3 N–H and O–H groups in total. The van der Waals surface area contributed by atoms with Crippen molar-refractivity contribution in [3.8, 4) is 0 Å². The van der Waals surface area contributed by atoms with Gasteiger partial charge in [0.15, 0.2) is 5.82 Å². The zero-order valence-corrected chi connectivity index (χ0v) is 11.7. The first-order chi connectivity index (χ1) is 10.8. The molecule has 1 aromatic heterocycles. The molecular weight excluding hydrogens is 278 g/mol. The molecule has 0 spiro atoms. The Labute approximate surface area is 127 Å². The van der Waals surface area contributed by atoms with E-state index in [1.807, 2.05) is 60.7 Å². The number of nitrogens with zero attached hydrogens (tertiary/aromatic N) is 2. The maximum Gasteiger partial charge on any atom is 0.321 e. The molecule has 2 amide bonds. The van der Waals surface area contributed by atoms with Crippen molar-refractivity contribution in [2.45, 2.75) is 6.04 Å². The molecule has 6 heteroatoms. The summed E-state index contributed by atoms with van der Waals surface area (Å²) in [7, 11) is 0. The third kappa shape index (κ3) is 3.29. The Morgan fingerprint density at radius 3 is 2.05 bits per heavy atom. The number of hydrogen-bond acceptors (Lipinski definition) is 3. The molecular formula is C16H15N5O. The molecule has 110 valence electrons. The Hall–Kier alpha value is -3.15. The van der Waals surface area contributed by atoms with Crippen LogP contribution in [0.1, 0.15) is 17.2 Å². The summed E-state index contributed by atoms with van der Waals surface area (Å²) in [5, 5.41) is 15.5. The highest BCUT2D eigenvalue weighted by Gasteiger charge is 2.16. The Morgan fingerprint density at radius 2 is 1.55 bits per heavy atom. The number of amides is 2. The van der Waals surface area contributed by atoms with E-state index in [-0.39, 0.29) is 12.1 Å². The summed E-state index contributed by atoms with van der Waals surface area (Å²) in [6.07, 6.45) is 1.44. The van der Waals surface area contributed by atoms with Gasteiger partial charge in [-0.05, 0) is 11.1 Å². The summed E-state index contributed by atoms with van der Waals surface area (Å²) >= 11 is 0. The van der Waals surface area contributed by atoms with E-state index in [0.29, 0.717) is 5.82 Å². The summed E-state index contributed by atoms with van der Waals surface area (Å²) < 4.78 is 0. The van der Waals surface area contributed by atoms with Crippen LogP contribution in [0.3, 0.4) is 0 Å². The van der Waals surface area contributed by atoms with Gasteiger partial charge in [-0.25, -0.2) is 4.79 Å². The minimum Gasteiger partial charge on any atom is -0.327 e. The van der Waals surface area contributed by atoms with E-state index in [1.54, 1.807) is 0 Å². The smallest absolute Gasteiger partial charge is 0.321 e. The quantitative estimate of drug-likeness (QED) is 0.691. The van der Waals surface area contributed by atoms with Crippen molar-refractivity contribution in [2.24, 2.45) is 0 Å². The number of nitrogens with one attached hydrogen (secondary N) is 3. The van der Waals surface area contributed by atoms with Crippen LogP contribution in [0, 0.1) is 0 Å². The van der Waals surface area contributed by atoms with Crippen molar-refractivity contribution in [1.29, 1.82) is 0 Å². The fourth-order valence-corrected chi connectivity index (χ4v) is 2.20. The molecule has 22 heavy (non-hydrogen) atoms. The van der Waals surface area contributed by atoms with Crippen LogP contribution in [0.5, 0.6) is 0 Å². The van der Waals surface area contributed by atoms with E-state index < -0.39 is 0 Å². The first-order valence-electron chi connectivity index (χ1n) is 6.86. The predicted molar refractivity (Wildman–Crippen MR) is 83.3 cm³/mol. The maximum atomic E-state index is 12.2. The van der Waals surface area contributed by atoms with Crippen molar-refractivity contribution in [3.63, 3.8) is 0 Å². The Bertz CT molecular complexity index is 673. The molecule has 0 bridgehead atoms. The van der Waals surface area contributed by atoms with Crippen molar-refractivity contribution in [2.75, 3.05) is 5.32 Å². The summed E-state index contributed by atoms with van der Waals surface area (Å²) in [6.45, 7) is 0. The minimum atomic E-state index is -0.341. The summed E-state index contributed by atoms with van der Waals surface area (Å²) in [5.41, 5.74) is 2.01. The van der Waals surface area contributed by atoms with Crippen LogP contribution in [-0.2, 0) is 0 Å². The molecule has 0 atom stereocenters. The van der Waals surface area contributed by atoms with Crippen LogP contribution in [0.25, 0.3) is 0 Å². The molecule has 3 rings (SSSR count). The lowest BCUT2D eigenvalue weighted by Gasteiger charge is -2.19. The lowest BCUT2D eigenvalue weighted by molar-refractivity contribution is 0.250. The van der Waals surface area contributed by atoms with Crippen LogP contribution < -0.4 is 10.6 Å². The van der Waals surface area contributed by atoms with E-state index in [4.69, 9.17) is 0 Å². The van der Waals surface area contributed by atoms with Crippen molar-refractivity contribution in [3.05, 3.63) is 78.0 Å². The van der Waals surface area contributed by atoms with E-state index in [0.717, 1.165) is 11.1 Å². The van der Waals surface area contributed by atoms with Crippen LogP contribution in [0.15, 0.2) is 66.9 Å². The van der Waals surface area contributed by atoms with Gasteiger partial charge in [0.25, 0.3) is 0 Å². The largest absolute Gasteiger partial charge is 0.327 e. The second-order valence-corrected chi connectivity index (χ2v) is 4.71. The van der Waals surface area contributed by atoms with Gasteiger partial charge >= 0.3 is 6.03 Å². The molecule has 3 aromatic rings. The van der Waals surface area contributed by atoms with Crippen LogP contribution in [-0.4, -0.2) is 21.4 Å². The average molecular weight is 293 g/mol. The number of rotatable bonds is 4. The molecule has 6 nitrogen and oxygen atoms in total. The van der Waals surface area contributed by atoms with Gasteiger partial charge in [-0.2, -0.15) is 10.3 Å². The van der Waals surface area contributed by atoms with Crippen molar-refractivity contribution >= 4 is 11.8 Å². The van der Waals surface area contributed by atoms with Crippen LogP contribution >= 0.6 is 0 Å². The lowest BCUT2D eigenvalue weighted by Crippen LogP contribution is -2.33. The van der Waals surface area contributed by atoms with Crippen LogP contribution in [0.4, 0.5) is 10.6 Å². The number of carbonyl (C=O) groups excluding carboxylic acids is 1. The molecule has 0 aliphatic rings. The van der Waals surface area contributed by atoms with E-state index >= 15 is 0 Å². The van der Waals surface area contributed by atoms with Gasteiger partial charge in [-0.15, -0.1) is 5.10 Å². The second kappa shape index (κ2) is 6.53. The van der Waals surface area contributed by atoms with Gasteiger partial charge in [0.2, 0.25) is 0 Å². The number of H-pyrrole nitrogens is 1. The standard InChI is InChI=1S/C16H15N5O/c22-16(18-14-11-17-21-20-14)19-15(12-7-3-1-4-8-12)13-9-5-2-6-10-13/h1-11,15H,(H3,17,18,19,20,21,22). The number of benzene rings is 2. The van der Waals surface area contributed by atoms with Gasteiger partial charge in [0.1, 0.15) is 0 Å². The van der Waals surface area contributed by atoms with E-state index in [2.05, 4.69) is 26.0 Å². The molecule has 0 aliphatic carbocycles. The monoisotopic (exact) mass is 293 g/mol. The Morgan fingerprint density at radius 1 is 0.955 bits per heavy atom. The number of aromatic amines is 1. The summed E-state index contributed by atoms with van der Waals surface area (Å²) in [4.78, 5) is 12.2. The lowest BCUT2D eigenvalue weighted by atomic mass is 9.99. The zero-order chi connectivity index (χ0) is 15.2. The predicted octanol–water partition coefficient (Wildman–Crippen LogP) is 2.72.